The molecule has 146 valence electrons. The normalized spacial score (nSPS) is 30.9. The number of rotatable bonds is 3. The van der Waals surface area contributed by atoms with E-state index in [4.69, 9.17) is 4.74 Å². The number of hydrogen-bond donors (Lipinski definition) is 0. The van der Waals surface area contributed by atoms with Crippen molar-refractivity contribution in [2.45, 2.75) is 37.8 Å². The van der Waals surface area contributed by atoms with E-state index in [2.05, 4.69) is 34.9 Å². The summed E-state index contributed by atoms with van der Waals surface area (Å²) in [6, 6.07) is 17.3. The second-order valence-corrected chi connectivity index (χ2v) is 8.56. The molecule has 4 heterocycles. The van der Waals surface area contributed by atoms with Crippen molar-refractivity contribution in [2.24, 2.45) is 5.92 Å². The Hall–Kier alpha value is -2.33. The highest BCUT2D eigenvalue weighted by atomic mass is 16.5. The van der Waals surface area contributed by atoms with Crippen molar-refractivity contribution in [2.75, 3.05) is 26.7 Å². The van der Waals surface area contributed by atoms with Gasteiger partial charge < -0.3 is 9.64 Å². The Bertz CT molecular complexity index is 870. The van der Waals surface area contributed by atoms with E-state index in [1.165, 1.54) is 31.5 Å². The number of likely N-dealkylation sites (tertiary alicyclic amines) is 1. The zero-order chi connectivity index (χ0) is 19.3. The lowest BCUT2D eigenvalue weighted by Gasteiger charge is -2.51. The van der Waals surface area contributed by atoms with Crippen LogP contribution in [0.3, 0.4) is 0 Å². The van der Waals surface area contributed by atoms with Crippen LogP contribution in [0.4, 0.5) is 0 Å². The summed E-state index contributed by atoms with van der Waals surface area (Å²) >= 11 is 0. The van der Waals surface area contributed by atoms with Crippen molar-refractivity contribution in [3.8, 4) is 5.75 Å². The fourth-order valence-corrected chi connectivity index (χ4v) is 5.74. The molecule has 6 rings (SSSR count). The summed E-state index contributed by atoms with van der Waals surface area (Å²) in [6.45, 7) is 5.20. The van der Waals surface area contributed by atoms with Crippen LogP contribution in [-0.2, 0) is 0 Å². The zero-order valence-electron chi connectivity index (χ0n) is 16.7. The molecule has 0 spiro atoms. The lowest BCUT2D eigenvalue weighted by Crippen LogP contribution is -2.60. The first-order chi connectivity index (χ1) is 13.7. The van der Waals surface area contributed by atoms with Crippen LogP contribution in [0.5, 0.6) is 5.75 Å². The molecule has 2 aromatic carbocycles. The second-order valence-electron chi connectivity index (χ2n) is 8.56. The highest BCUT2D eigenvalue weighted by Crippen LogP contribution is 2.47. The summed E-state index contributed by atoms with van der Waals surface area (Å²) < 4.78 is 5.34. The molecule has 0 unspecified atom stereocenters. The van der Waals surface area contributed by atoms with Gasteiger partial charge in [0.15, 0.2) is 0 Å². The SMILES string of the molecule is COc1ccc([C@H]2CN(C(=O)c3cccc(C)c3)[C@H]3C4CCN(CC4)[C@@H]23)cc1. The number of methoxy groups -OCH3 is 1. The Labute approximate surface area is 167 Å². The van der Waals surface area contributed by atoms with Gasteiger partial charge in [-0.15, -0.1) is 0 Å². The van der Waals surface area contributed by atoms with Crippen molar-refractivity contribution in [1.82, 2.24) is 9.80 Å². The van der Waals surface area contributed by atoms with Gasteiger partial charge in [-0.05, 0) is 68.6 Å². The van der Waals surface area contributed by atoms with Gasteiger partial charge >= 0.3 is 0 Å². The van der Waals surface area contributed by atoms with Gasteiger partial charge in [0.05, 0.1) is 13.2 Å². The number of nitrogens with zero attached hydrogens (tertiary/aromatic N) is 2. The standard InChI is InChI=1S/C24H28N2O2/c1-16-4-3-5-19(14-16)24(27)26-15-21(17-6-8-20(28-2)9-7-17)23-22(26)18-10-12-25(23)13-11-18/h3-9,14,18,21-23H,10-13,15H2,1-2H3/t21-,22+,23+/m1/s1. The van der Waals surface area contributed by atoms with E-state index >= 15 is 0 Å². The molecule has 0 N–H and O–H groups in total. The molecule has 2 bridgehead atoms. The highest BCUT2D eigenvalue weighted by Gasteiger charge is 2.54. The van der Waals surface area contributed by atoms with Crippen molar-refractivity contribution >= 4 is 5.91 Å². The summed E-state index contributed by atoms with van der Waals surface area (Å²) in [7, 11) is 1.70. The van der Waals surface area contributed by atoms with Gasteiger partial charge in [-0.25, -0.2) is 0 Å². The number of carbonyl (C=O) groups excluding carboxylic acids is 1. The van der Waals surface area contributed by atoms with Crippen LogP contribution < -0.4 is 4.74 Å². The van der Waals surface area contributed by atoms with Crippen molar-refractivity contribution < 1.29 is 9.53 Å². The van der Waals surface area contributed by atoms with Gasteiger partial charge in [0, 0.05) is 24.1 Å². The molecule has 4 heteroatoms. The lowest BCUT2D eigenvalue weighted by molar-refractivity contribution is -0.00341. The molecule has 4 saturated heterocycles. The van der Waals surface area contributed by atoms with Gasteiger partial charge in [0.2, 0.25) is 0 Å². The first-order valence-corrected chi connectivity index (χ1v) is 10.4. The van der Waals surface area contributed by atoms with Gasteiger partial charge in [-0.2, -0.15) is 0 Å². The maximum atomic E-state index is 13.5. The highest BCUT2D eigenvalue weighted by molar-refractivity contribution is 5.95. The molecule has 4 aliphatic rings. The Morgan fingerprint density at radius 2 is 1.79 bits per heavy atom. The lowest BCUT2D eigenvalue weighted by atomic mass is 9.75. The van der Waals surface area contributed by atoms with Crippen LogP contribution in [0.15, 0.2) is 48.5 Å². The number of benzene rings is 2. The molecule has 4 nitrogen and oxygen atoms in total. The Morgan fingerprint density at radius 3 is 2.46 bits per heavy atom. The molecule has 28 heavy (non-hydrogen) atoms. The predicted octanol–water partition coefficient (Wildman–Crippen LogP) is 3.71. The van der Waals surface area contributed by atoms with Gasteiger partial charge in [0.25, 0.3) is 5.91 Å². The fourth-order valence-electron chi connectivity index (χ4n) is 5.74. The van der Waals surface area contributed by atoms with E-state index in [1.54, 1.807) is 7.11 Å². The van der Waals surface area contributed by atoms with E-state index in [-0.39, 0.29) is 5.91 Å². The Morgan fingerprint density at radius 1 is 1.04 bits per heavy atom. The molecule has 3 atom stereocenters. The third kappa shape index (κ3) is 2.82. The molecule has 0 radical (unpaired) electrons. The van der Waals surface area contributed by atoms with Crippen LogP contribution in [0.2, 0.25) is 0 Å². The summed E-state index contributed by atoms with van der Waals surface area (Å²) in [5, 5.41) is 0. The molecular weight excluding hydrogens is 348 g/mol. The molecule has 1 amide bonds. The number of piperidine rings is 3. The Kier molecular flexibility index (Phi) is 4.39. The molecule has 0 aromatic heterocycles. The molecule has 0 aliphatic carbocycles. The van der Waals surface area contributed by atoms with Crippen molar-refractivity contribution in [3.05, 3.63) is 65.2 Å². The van der Waals surface area contributed by atoms with Crippen molar-refractivity contribution in [1.29, 1.82) is 0 Å². The smallest absolute Gasteiger partial charge is 0.254 e. The average molecular weight is 377 g/mol. The maximum Gasteiger partial charge on any atom is 0.254 e. The first-order valence-electron chi connectivity index (χ1n) is 10.4. The number of hydrogen-bond acceptors (Lipinski definition) is 3. The molecule has 4 aliphatic heterocycles. The first kappa shape index (κ1) is 17.7. The average Bonchev–Trinajstić information content (AvgIpc) is 3.17. The van der Waals surface area contributed by atoms with Crippen LogP contribution >= 0.6 is 0 Å². The molecule has 2 aromatic rings. The second kappa shape index (κ2) is 6.93. The minimum atomic E-state index is 0.198. The monoisotopic (exact) mass is 376 g/mol. The zero-order valence-corrected chi connectivity index (χ0v) is 16.7. The largest absolute Gasteiger partial charge is 0.497 e. The third-order valence-corrected chi connectivity index (χ3v) is 7.06. The minimum absolute atomic E-state index is 0.198. The van der Waals surface area contributed by atoms with Crippen LogP contribution in [0.1, 0.15) is 40.2 Å². The topological polar surface area (TPSA) is 32.8 Å². The van der Waals surface area contributed by atoms with Gasteiger partial charge in [0.1, 0.15) is 5.75 Å². The number of fused-ring (bicyclic) bond motifs is 2. The maximum absolute atomic E-state index is 13.5. The number of aryl methyl sites for hydroxylation is 1. The van der Waals surface area contributed by atoms with Gasteiger partial charge in [-0.1, -0.05) is 29.8 Å². The van der Waals surface area contributed by atoms with E-state index in [0.29, 0.717) is 23.9 Å². The van der Waals surface area contributed by atoms with Crippen LogP contribution in [0, 0.1) is 12.8 Å². The van der Waals surface area contributed by atoms with Crippen LogP contribution in [-0.4, -0.2) is 54.5 Å². The van der Waals surface area contributed by atoms with Crippen molar-refractivity contribution in [3.63, 3.8) is 0 Å². The number of carbonyl (C=O) groups is 1. The summed E-state index contributed by atoms with van der Waals surface area (Å²) in [4.78, 5) is 18.3. The third-order valence-electron chi connectivity index (χ3n) is 7.06. The van der Waals surface area contributed by atoms with E-state index in [0.717, 1.165) is 23.4 Å². The van der Waals surface area contributed by atoms with Gasteiger partial charge in [-0.3, -0.25) is 9.69 Å². The number of ether oxygens (including phenoxy) is 1. The van der Waals surface area contributed by atoms with E-state index in [1.807, 2.05) is 30.3 Å². The summed E-state index contributed by atoms with van der Waals surface area (Å²) in [6.07, 6.45) is 2.43. The van der Waals surface area contributed by atoms with Crippen LogP contribution in [0.25, 0.3) is 0 Å². The fraction of sp³-hybridized carbons (Fsp3) is 0.458. The number of amides is 1. The molecule has 0 saturated carbocycles. The summed E-state index contributed by atoms with van der Waals surface area (Å²) in [5.74, 6) is 2.08. The quantitative estimate of drug-likeness (QED) is 0.819. The predicted molar refractivity (Wildman–Crippen MR) is 110 cm³/mol. The minimum Gasteiger partial charge on any atom is -0.497 e. The summed E-state index contributed by atoms with van der Waals surface area (Å²) in [5.41, 5.74) is 3.29. The molecular formula is C24H28N2O2. The molecule has 4 fully saturated rings. The Balaban J connectivity index is 1.50. The van der Waals surface area contributed by atoms with E-state index in [9.17, 15) is 4.79 Å². The van der Waals surface area contributed by atoms with E-state index < -0.39 is 0 Å².